The van der Waals surface area contributed by atoms with E-state index in [1.54, 1.807) is 11.0 Å². The third-order valence-corrected chi connectivity index (χ3v) is 3.57. The molecule has 1 amide bonds. The first-order chi connectivity index (χ1) is 8.04. The van der Waals surface area contributed by atoms with E-state index in [0.29, 0.717) is 18.7 Å². The number of rotatable bonds is 2. The zero-order valence-electron chi connectivity index (χ0n) is 9.49. The maximum absolute atomic E-state index is 13.1. The highest BCUT2D eigenvalue weighted by atomic mass is 35.5. The van der Waals surface area contributed by atoms with Crippen molar-refractivity contribution in [1.29, 1.82) is 0 Å². The summed E-state index contributed by atoms with van der Waals surface area (Å²) in [5.74, 6) is -0.327. The molecule has 3 nitrogen and oxygen atoms in total. The number of halogens is 2. The van der Waals surface area contributed by atoms with Crippen LogP contribution in [0.4, 0.5) is 10.1 Å². The first kappa shape index (κ1) is 12.3. The minimum absolute atomic E-state index is 0.00984. The van der Waals surface area contributed by atoms with Crippen LogP contribution in [0.3, 0.4) is 0 Å². The van der Waals surface area contributed by atoms with E-state index in [1.807, 2.05) is 6.92 Å². The molecule has 0 radical (unpaired) electrons. The van der Waals surface area contributed by atoms with Crippen LogP contribution in [0.1, 0.15) is 13.3 Å². The lowest BCUT2D eigenvalue weighted by atomic mass is 10.0. The predicted octanol–water partition coefficient (Wildman–Crippen LogP) is 2.18. The van der Waals surface area contributed by atoms with Crippen LogP contribution in [-0.2, 0) is 4.79 Å². The fourth-order valence-electron chi connectivity index (χ4n) is 2.23. The van der Waals surface area contributed by atoms with Crippen molar-refractivity contribution in [2.75, 3.05) is 11.4 Å². The van der Waals surface area contributed by atoms with Crippen molar-refractivity contribution in [3.8, 4) is 0 Å². The lowest BCUT2D eigenvalue weighted by Crippen LogP contribution is -2.34. The largest absolute Gasteiger partial charge is 0.330 e. The van der Waals surface area contributed by atoms with Crippen LogP contribution in [-0.4, -0.2) is 18.5 Å². The normalized spacial score (nSPS) is 24.5. The van der Waals surface area contributed by atoms with Crippen molar-refractivity contribution in [2.45, 2.75) is 19.4 Å². The number of anilines is 1. The zero-order chi connectivity index (χ0) is 12.6. The minimum Gasteiger partial charge on any atom is -0.330 e. The van der Waals surface area contributed by atoms with E-state index in [0.717, 1.165) is 0 Å². The molecule has 1 fully saturated rings. The first-order valence-corrected chi connectivity index (χ1v) is 5.89. The van der Waals surface area contributed by atoms with Gasteiger partial charge in [0.1, 0.15) is 5.82 Å². The van der Waals surface area contributed by atoms with E-state index in [-0.39, 0.29) is 22.9 Å². The van der Waals surface area contributed by atoms with Crippen molar-refractivity contribution in [1.82, 2.24) is 0 Å². The van der Waals surface area contributed by atoms with Crippen molar-refractivity contribution in [2.24, 2.45) is 11.7 Å². The minimum atomic E-state index is -0.481. The Morgan fingerprint density at radius 1 is 1.59 bits per heavy atom. The van der Waals surface area contributed by atoms with Crippen LogP contribution >= 0.6 is 11.6 Å². The lowest BCUT2D eigenvalue weighted by molar-refractivity contribution is -0.117. The highest BCUT2D eigenvalue weighted by molar-refractivity contribution is 6.31. The van der Waals surface area contributed by atoms with Gasteiger partial charge >= 0.3 is 0 Å². The molecule has 2 unspecified atom stereocenters. The summed E-state index contributed by atoms with van der Waals surface area (Å²) in [4.78, 5) is 13.5. The fraction of sp³-hybridized carbons (Fsp3) is 0.417. The van der Waals surface area contributed by atoms with E-state index in [1.165, 1.54) is 12.1 Å². The summed E-state index contributed by atoms with van der Waals surface area (Å²) >= 11 is 5.72. The van der Waals surface area contributed by atoms with Crippen LogP contribution in [0.25, 0.3) is 0 Å². The average Bonchev–Trinajstić information content (AvgIpc) is 2.58. The molecule has 0 aliphatic carbocycles. The predicted molar refractivity (Wildman–Crippen MR) is 65.5 cm³/mol. The smallest absolute Gasteiger partial charge is 0.227 e. The maximum Gasteiger partial charge on any atom is 0.227 e. The van der Waals surface area contributed by atoms with E-state index >= 15 is 0 Å². The van der Waals surface area contributed by atoms with Crippen LogP contribution in [0.5, 0.6) is 0 Å². The highest BCUT2D eigenvalue weighted by Crippen LogP contribution is 2.32. The van der Waals surface area contributed by atoms with Crippen molar-refractivity contribution in [3.05, 3.63) is 29.0 Å². The Balaban J connectivity index is 2.33. The van der Waals surface area contributed by atoms with Gasteiger partial charge in [-0.15, -0.1) is 0 Å². The molecule has 2 atom stereocenters. The summed E-state index contributed by atoms with van der Waals surface area (Å²) < 4.78 is 13.1. The summed E-state index contributed by atoms with van der Waals surface area (Å²) in [6, 6.07) is 4.33. The maximum atomic E-state index is 13.1. The molecule has 92 valence electrons. The van der Waals surface area contributed by atoms with Gasteiger partial charge in [-0.25, -0.2) is 4.39 Å². The van der Waals surface area contributed by atoms with E-state index in [9.17, 15) is 9.18 Å². The van der Waals surface area contributed by atoms with Gasteiger partial charge in [-0.2, -0.15) is 0 Å². The van der Waals surface area contributed by atoms with Gasteiger partial charge in [0.05, 0.1) is 5.02 Å². The molecule has 2 rings (SSSR count). The molecule has 17 heavy (non-hydrogen) atoms. The molecule has 0 aromatic heterocycles. The number of carbonyl (C=O) groups excluding carboxylic acids is 1. The van der Waals surface area contributed by atoms with Crippen LogP contribution in [0.15, 0.2) is 18.2 Å². The average molecular weight is 257 g/mol. The number of carbonyl (C=O) groups is 1. The van der Waals surface area contributed by atoms with Gasteiger partial charge in [0.2, 0.25) is 5.91 Å². The van der Waals surface area contributed by atoms with Gasteiger partial charge in [-0.05, 0) is 31.7 Å². The molecule has 1 aliphatic rings. The summed E-state index contributed by atoms with van der Waals surface area (Å²) in [6.45, 7) is 2.41. The SMILES string of the molecule is CC1C(CN)CC(=O)N1c1ccc(F)c(Cl)c1. The fourth-order valence-corrected chi connectivity index (χ4v) is 2.40. The molecular formula is C12H14ClFN2O. The molecule has 0 bridgehead atoms. The van der Waals surface area contributed by atoms with Gasteiger partial charge < -0.3 is 10.6 Å². The lowest BCUT2D eigenvalue weighted by Gasteiger charge is -2.24. The summed E-state index contributed by atoms with van der Waals surface area (Å²) in [5, 5.41) is 0.0266. The van der Waals surface area contributed by atoms with E-state index < -0.39 is 5.82 Å². The second-order valence-corrected chi connectivity index (χ2v) is 4.71. The zero-order valence-corrected chi connectivity index (χ0v) is 10.2. The van der Waals surface area contributed by atoms with Crippen molar-refractivity contribution in [3.63, 3.8) is 0 Å². The number of hydrogen-bond acceptors (Lipinski definition) is 2. The quantitative estimate of drug-likeness (QED) is 0.882. The molecule has 1 aliphatic heterocycles. The molecule has 2 N–H and O–H groups in total. The van der Waals surface area contributed by atoms with Crippen LogP contribution in [0.2, 0.25) is 5.02 Å². The second kappa shape index (κ2) is 4.63. The Labute approximate surface area is 104 Å². The Bertz CT molecular complexity index is 452. The Morgan fingerprint density at radius 3 is 2.82 bits per heavy atom. The Hall–Kier alpha value is -1.13. The van der Waals surface area contributed by atoms with Gasteiger partial charge in [0.25, 0.3) is 0 Å². The van der Waals surface area contributed by atoms with Crippen LogP contribution < -0.4 is 10.6 Å². The molecular weight excluding hydrogens is 243 g/mol. The number of benzene rings is 1. The summed E-state index contributed by atoms with van der Waals surface area (Å²) in [6.07, 6.45) is 0.437. The van der Waals surface area contributed by atoms with Gasteiger partial charge in [0, 0.05) is 24.1 Å². The molecule has 1 aromatic carbocycles. The standard InChI is InChI=1S/C12H14ClFN2O/c1-7-8(6-15)4-12(17)16(7)9-2-3-11(14)10(13)5-9/h2-3,5,7-8H,4,6,15H2,1H3. The summed E-state index contributed by atoms with van der Waals surface area (Å²) in [7, 11) is 0. The molecule has 5 heteroatoms. The van der Waals surface area contributed by atoms with E-state index in [4.69, 9.17) is 17.3 Å². The molecule has 0 spiro atoms. The Morgan fingerprint density at radius 2 is 2.29 bits per heavy atom. The van der Waals surface area contributed by atoms with Gasteiger partial charge in [-0.1, -0.05) is 11.6 Å². The third kappa shape index (κ3) is 2.15. The van der Waals surface area contributed by atoms with Crippen LogP contribution in [0, 0.1) is 11.7 Å². The molecule has 0 saturated carbocycles. The molecule has 1 heterocycles. The number of hydrogen-bond donors (Lipinski definition) is 1. The van der Waals surface area contributed by atoms with Gasteiger partial charge in [-0.3, -0.25) is 4.79 Å². The van der Waals surface area contributed by atoms with Crippen molar-refractivity contribution >= 4 is 23.2 Å². The van der Waals surface area contributed by atoms with Gasteiger partial charge in [0.15, 0.2) is 0 Å². The number of nitrogens with zero attached hydrogens (tertiary/aromatic N) is 1. The molecule has 1 saturated heterocycles. The second-order valence-electron chi connectivity index (χ2n) is 4.30. The third-order valence-electron chi connectivity index (χ3n) is 3.28. The highest BCUT2D eigenvalue weighted by Gasteiger charge is 2.36. The summed E-state index contributed by atoms with van der Waals surface area (Å²) in [5.41, 5.74) is 6.25. The molecule has 1 aromatic rings. The topological polar surface area (TPSA) is 46.3 Å². The monoisotopic (exact) mass is 256 g/mol. The first-order valence-electron chi connectivity index (χ1n) is 5.51. The van der Waals surface area contributed by atoms with E-state index in [2.05, 4.69) is 0 Å². The van der Waals surface area contributed by atoms with Crippen molar-refractivity contribution < 1.29 is 9.18 Å². The number of amides is 1. The Kier molecular flexibility index (Phi) is 3.35. The number of nitrogens with two attached hydrogens (primary N) is 1.